The van der Waals surface area contributed by atoms with Crippen LogP contribution in [0, 0.1) is 13.8 Å². The van der Waals surface area contributed by atoms with Gasteiger partial charge in [-0.25, -0.2) is 4.79 Å². The molecule has 6 nitrogen and oxygen atoms in total. The lowest BCUT2D eigenvalue weighted by Gasteiger charge is -2.21. The molecule has 1 atom stereocenters. The number of ether oxygens (including phenoxy) is 3. The number of rotatable bonds is 18. The fourth-order valence-electron chi connectivity index (χ4n) is 4.08. The molecule has 1 aromatic carbocycles. The van der Waals surface area contributed by atoms with Crippen molar-refractivity contribution in [3.63, 3.8) is 0 Å². The predicted octanol–water partition coefficient (Wildman–Crippen LogP) is 7.36. The Morgan fingerprint density at radius 2 is 1.63 bits per heavy atom. The van der Waals surface area contributed by atoms with Crippen LogP contribution in [0.4, 0.5) is 0 Å². The third-order valence-electron chi connectivity index (χ3n) is 6.31. The zero-order valence-corrected chi connectivity index (χ0v) is 22.5. The zero-order chi connectivity index (χ0) is 26.1. The summed E-state index contributed by atoms with van der Waals surface area (Å²) in [5, 5.41) is 10.6. The molecule has 0 amide bonds. The lowest BCUT2D eigenvalue weighted by Crippen LogP contribution is -2.17. The van der Waals surface area contributed by atoms with Crippen LogP contribution in [-0.4, -0.2) is 37.4 Å². The van der Waals surface area contributed by atoms with Crippen molar-refractivity contribution < 1.29 is 28.9 Å². The van der Waals surface area contributed by atoms with Crippen LogP contribution in [0.3, 0.4) is 0 Å². The maximum absolute atomic E-state index is 12.0. The standard InChI is InChI=1S/C29H46O6/c1-6-7-8-15-18-24(19-16-13-11-9-10-12-14-17-20-26(30)33-4)35-25-21-22(2)27(29(32)34-5)28(31)23(25)3/h13,16,21,24,31H,6-12,14-15,17-20H2,1-5H3/b16-13-/t24-/m0/s1. The summed E-state index contributed by atoms with van der Waals surface area (Å²) < 4.78 is 15.8. The van der Waals surface area contributed by atoms with Gasteiger partial charge in [-0.2, -0.15) is 0 Å². The van der Waals surface area contributed by atoms with Crippen molar-refractivity contribution in [2.24, 2.45) is 0 Å². The Bertz CT molecular complexity index is 799. The number of hydrogen-bond acceptors (Lipinski definition) is 6. The highest BCUT2D eigenvalue weighted by molar-refractivity contribution is 5.95. The Morgan fingerprint density at radius 1 is 0.943 bits per heavy atom. The minimum atomic E-state index is -0.544. The van der Waals surface area contributed by atoms with E-state index in [1.165, 1.54) is 33.5 Å². The molecular formula is C29H46O6. The Hall–Kier alpha value is -2.50. The Balaban J connectivity index is 2.62. The van der Waals surface area contributed by atoms with Crippen molar-refractivity contribution in [3.05, 3.63) is 34.9 Å². The molecular weight excluding hydrogens is 444 g/mol. The number of aromatic hydroxyl groups is 1. The highest BCUT2D eigenvalue weighted by Crippen LogP contribution is 2.35. The van der Waals surface area contributed by atoms with E-state index in [9.17, 15) is 14.7 Å². The average Bonchev–Trinajstić information content (AvgIpc) is 2.85. The summed E-state index contributed by atoms with van der Waals surface area (Å²) in [7, 11) is 2.74. The fraction of sp³-hybridized carbons (Fsp3) is 0.655. The van der Waals surface area contributed by atoms with Gasteiger partial charge in [0.2, 0.25) is 0 Å². The molecule has 0 aliphatic heterocycles. The van der Waals surface area contributed by atoms with Gasteiger partial charge in [0.05, 0.1) is 14.2 Å². The summed E-state index contributed by atoms with van der Waals surface area (Å²) in [4.78, 5) is 23.2. The van der Waals surface area contributed by atoms with E-state index in [0.29, 0.717) is 23.3 Å². The first-order chi connectivity index (χ1) is 16.8. The number of methoxy groups -OCH3 is 2. The summed E-state index contributed by atoms with van der Waals surface area (Å²) in [6.07, 6.45) is 17.8. The summed E-state index contributed by atoms with van der Waals surface area (Å²) >= 11 is 0. The van der Waals surface area contributed by atoms with Crippen molar-refractivity contribution in [2.75, 3.05) is 14.2 Å². The number of phenols is 1. The van der Waals surface area contributed by atoms with Crippen LogP contribution >= 0.6 is 0 Å². The molecule has 1 aromatic rings. The van der Waals surface area contributed by atoms with Gasteiger partial charge in [-0.1, -0.05) is 57.6 Å². The maximum atomic E-state index is 12.0. The van der Waals surface area contributed by atoms with E-state index in [1.807, 2.05) is 6.07 Å². The molecule has 0 aliphatic carbocycles. The van der Waals surface area contributed by atoms with Crippen LogP contribution in [0.1, 0.15) is 112 Å². The fourth-order valence-corrected chi connectivity index (χ4v) is 4.08. The van der Waals surface area contributed by atoms with E-state index in [1.54, 1.807) is 13.8 Å². The Kier molecular flexibility index (Phi) is 15.6. The van der Waals surface area contributed by atoms with Crippen LogP contribution in [0.5, 0.6) is 11.5 Å². The molecule has 0 unspecified atom stereocenters. The molecule has 0 saturated carbocycles. The highest BCUT2D eigenvalue weighted by Gasteiger charge is 2.21. The number of benzene rings is 1. The van der Waals surface area contributed by atoms with Crippen molar-refractivity contribution >= 4 is 11.9 Å². The second kappa shape index (κ2) is 17.9. The van der Waals surface area contributed by atoms with Crippen LogP contribution < -0.4 is 4.74 Å². The van der Waals surface area contributed by atoms with E-state index >= 15 is 0 Å². The van der Waals surface area contributed by atoms with Gasteiger partial charge in [-0.3, -0.25) is 4.79 Å². The largest absolute Gasteiger partial charge is 0.507 e. The topological polar surface area (TPSA) is 82.1 Å². The molecule has 35 heavy (non-hydrogen) atoms. The quantitative estimate of drug-likeness (QED) is 0.131. The second-order valence-corrected chi connectivity index (χ2v) is 9.21. The molecule has 1 N–H and O–H groups in total. The lowest BCUT2D eigenvalue weighted by atomic mass is 10.0. The first-order valence-electron chi connectivity index (χ1n) is 13.2. The maximum Gasteiger partial charge on any atom is 0.341 e. The van der Waals surface area contributed by atoms with Crippen LogP contribution in [0.2, 0.25) is 0 Å². The molecule has 0 spiro atoms. The van der Waals surface area contributed by atoms with Crippen LogP contribution in [0.15, 0.2) is 18.2 Å². The number of hydrogen-bond donors (Lipinski definition) is 1. The third-order valence-corrected chi connectivity index (χ3v) is 6.31. The van der Waals surface area contributed by atoms with Crippen molar-refractivity contribution in [1.82, 2.24) is 0 Å². The van der Waals surface area contributed by atoms with Gasteiger partial charge in [-0.05, 0) is 57.6 Å². The van der Waals surface area contributed by atoms with Gasteiger partial charge in [0.25, 0.3) is 0 Å². The molecule has 1 rings (SSSR count). The molecule has 0 saturated heterocycles. The molecule has 6 heteroatoms. The monoisotopic (exact) mass is 490 g/mol. The van der Waals surface area contributed by atoms with E-state index < -0.39 is 5.97 Å². The molecule has 0 fully saturated rings. The van der Waals surface area contributed by atoms with Gasteiger partial charge >= 0.3 is 11.9 Å². The number of carbonyl (C=O) groups excluding carboxylic acids is 2. The van der Waals surface area contributed by atoms with Gasteiger partial charge in [-0.15, -0.1) is 0 Å². The van der Waals surface area contributed by atoms with Crippen LogP contribution in [0.25, 0.3) is 0 Å². The van der Waals surface area contributed by atoms with E-state index in [-0.39, 0.29) is 23.4 Å². The Labute approximate surface area is 212 Å². The summed E-state index contributed by atoms with van der Waals surface area (Å²) in [6.45, 7) is 5.75. The first-order valence-corrected chi connectivity index (χ1v) is 13.2. The van der Waals surface area contributed by atoms with E-state index in [0.717, 1.165) is 57.8 Å². The Morgan fingerprint density at radius 3 is 2.31 bits per heavy atom. The van der Waals surface area contributed by atoms with Gasteiger partial charge in [0.1, 0.15) is 23.2 Å². The molecule has 0 aromatic heterocycles. The van der Waals surface area contributed by atoms with Crippen molar-refractivity contribution in [2.45, 2.75) is 110 Å². The third kappa shape index (κ3) is 11.7. The average molecular weight is 491 g/mol. The molecule has 198 valence electrons. The summed E-state index contributed by atoms with van der Waals surface area (Å²) in [6, 6.07) is 1.82. The van der Waals surface area contributed by atoms with E-state index in [2.05, 4.69) is 23.8 Å². The smallest absolute Gasteiger partial charge is 0.341 e. The molecule has 0 radical (unpaired) electrons. The minimum absolute atomic E-state index is 0.0166. The number of esters is 2. The SMILES string of the molecule is CCCCCC[C@@H](C/C=C\CCCCCCCC(=O)OC)Oc1cc(C)c(C(=O)OC)c(O)c1C. The number of unbranched alkanes of at least 4 members (excludes halogenated alkanes) is 8. The number of carbonyl (C=O) groups is 2. The summed E-state index contributed by atoms with van der Waals surface area (Å²) in [5.74, 6) is -0.122. The predicted molar refractivity (Wildman–Crippen MR) is 140 cm³/mol. The van der Waals surface area contributed by atoms with Gasteiger partial charge < -0.3 is 19.3 Å². The van der Waals surface area contributed by atoms with Crippen molar-refractivity contribution in [3.8, 4) is 11.5 Å². The number of allylic oxidation sites excluding steroid dienone is 1. The van der Waals surface area contributed by atoms with E-state index in [4.69, 9.17) is 9.47 Å². The van der Waals surface area contributed by atoms with Gasteiger partial charge in [0, 0.05) is 18.4 Å². The minimum Gasteiger partial charge on any atom is -0.507 e. The first kappa shape index (κ1) is 30.5. The number of aryl methyl sites for hydroxylation is 1. The van der Waals surface area contributed by atoms with Gasteiger partial charge in [0.15, 0.2) is 0 Å². The zero-order valence-electron chi connectivity index (χ0n) is 22.5. The molecule has 0 aliphatic rings. The normalized spacial score (nSPS) is 12.0. The van der Waals surface area contributed by atoms with Crippen LogP contribution in [-0.2, 0) is 14.3 Å². The second-order valence-electron chi connectivity index (χ2n) is 9.21. The highest BCUT2D eigenvalue weighted by atomic mass is 16.5. The summed E-state index contributed by atoms with van der Waals surface area (Å²) in [5.41, 5.74) is 1.40. The number of phenolic OH excluding ortho intramolecular Hbond substituents is 1. The molecule has 0 bridgehead atoms. The van der Waals surface area contributed by atoms with Crippen molar-refractivity contribution in [1.29, 1.82) is 0 Å². The molecule has 0 heterocycles. The lowest BCUT2D eigenvalue weighted by molar-refractivity contribution is -0.140.